The zero-order chi connectivity index (χ0) is 18.7. The number of nitrogens with zero attached hydrogens (tertiary/aromatic N) is 4. The highest BCUT2D eigenvalue weighted by atomic mass is 35.5. The lowest BCUT2D eigenvalue weighted by molar-refractivity contribution is -0.113. The molecule has 26 heavy (non-hydrogen) atoms. The predicted molar refractivity (Wildman–Crippen MR) is 98.7 cm³/mol. The van der Waals surface area contributed by atoms with Gasteiger partial charge in [0, 0.05) is 6.20 Å². The lowest BCUT2D eigenvalue weighted by Gasteiger charge is -2.12. The lowest BCUT2D eigenvalue weighted by atomic mass is 10.0. The highest BCUT2D eigenvalue weighted by Gasteiger charge is 2.32. The number of nitriles is 2. The van der Waals surface area contributed by atoms with Gasteiger partial charge in [0.1, 0.15) is 23.0 Å². The highest BCUT2D eigenvalue weighted by Crippen LogP contribution is 2.45. The molecule has 2 aromatic rings. The van der Waals surface area contributed by atoms with Crippen LogP contribution in [0.25, 0.3) is 0 Å². The molecule has 0 aromatic carbocycles. The summed E-state index contributed by atoms with van der Waals surface area (Å²) in [5.41, 5.74) is 7.54. The summed E-state index contributed by atoms with van der Waals surface area (Å²) in [6.45, 7) is 0. The summed E-state index contributed by atoms with van der Waals surface area (Å²) in [5, 5.41) is 22.1. The van der Waals surface area contributed by atoms with Crippen LogP contribution in [-0.2, 0) is 4.79 Å². The van der Waals surface area contributed by atoms with Crippen molar-refractivity contribution in [1.82, 2.24) is 9.97 Å². The Kier molecular flexibility index (Phi) is 5.27. The van der Waals surface area contributed by atoms with E-state index in [1.165, 1.54) is 6.20 Å². The molecule has 1 saturated carbocycles. The number of aromatic nitrogens is 2. The number of nitrogen functional groups attached to an aromatic ring is 1. The number of amides is 1. The Balaban J connectivity index is 1.80. The van der Waals surface area contributed by atoms with Gasteiger partial charge in [-0.25, -0.2) is 9.97 Å². The molecule has 0 atom stereocenters. The monoisotopic (exact) mass is 384 g/mol. The average Bonchev–Trinajstić information content (AvgIpc) is 3.46. The van der Waals surface area contributed by atoms with Gasteiger partial charge in [0.2, 0.25) is 5.91 Å². The fourth-order valence-corrected chi connectivity index (χ4v) is 3.48. The molecule has 1 aliphatic rings. The first-order valence-electron chi connectivity index (χ1n) is 7.71. The van der Waals surface area contributed by atoms with E-state index >= 15 is 0 Å². The SMILES string of the molecule is N#Cc1c(N)nc(SCC(=O)Nc2cccnc2Cl)c(C#N)c1C1CC1. The van der Waals surface area contributed by atoms with Gasteiger partial charge in [-0.2, -0.15) is 10.5 Å². The van der Waals surface area contributed by atoms with Crippen molar-refractivity contribution in [1.29, 1.82) is 10.5 Å². The van der Waals surface area contributed by atoms with Crippen LogP contribution in [0, 0.1) is 22.7 Å². The Morgan fingerprint density at radius 3 is 2.73 bits per heavy atom. The molecule has 1 fully saturated rings. The topological polar surface area (TPSA) is 128 Å². The van der Waals surface area contributed by atoms with Crippen molar-refractivity contribution in [2.45, 2.75) is 23.8 Å². The van der Waals surface area contributed by atoms with Gasteiger partial charge in [0.25, 0.3) is 0 Å². The molecule has 3 rings (SSSR count). The standard InChI is InChI=1S/C17H13ClN6OS/c18-15-12(2-1-5-22-15)23-13(25)8-26-17-11(7-20)14(9-3-4-9)10(6-19)16(21)24-17/h1-2,5,9H,3-4,8H2,(H2,21,24)(H,23,25). The number of nitrogens with two attached hydrogens (primary N) is 1. The summed E-state index contributed by atoms with van der Waals surface area (Å²) in [7, 11) is 0. The zero-order valence-corrected chi connectivity index (χ0v) is 15.1. The van der Waals surface area contributed by atoms with Crippen LogP contribution in [0.5, 0.6) is 0 Å². The number of hydrogen-bond acceptors (Lipinski definition) is 7. The Hall–Kier alpha value is -2.81. The van der Waals surface area contributed by atoms with Crippen LogP contribution >= 0.6 is 23.4 Å². The van der Waals surface area contributed by atoms with Crippen LogP contribution in [0.2, 0.25) is 5.15 Å². The fraction of sp³-hybridized carbons (Fsp3) is 0.235. The number of carbonyl (C=O) groups excluding carboxylic acids is 1. The summed E-state index contributed by atoms with van der Waals surface area (Å²) in [6, 6.07) is 7.46. The third-order valence-corrected chi connectivity index (χ3v) is 5.09. The van der Waals surface area contributed by atoms with E-state index < -0.39 is 0 Å². The first-order valence-corrected chi connectivity index (χ1v) is 9.08. The molecule has 1 aliphatic carbocycles. The van der Waals surface area contributed by atoms with Crippen LogP contribution in [0.15, 0.2) is 23.4 Å². The van der Waals surface area contributed by atoms with Crippen molar-refractivity contribution in [2.24, 2.45) is 0 Å². The average molecular weight is 385 g/mol. The molecule has 0 unspecified atom stereocenters. The number of thioether (sulfide) groups is 1. The van der Waals surface area contributed by atoms with Crippen molar-refractivity contribution < 1.29 is 4.79 Å². The molecule has 3 N–H and O–H groups in total. The van der Waals surface area contributed by atoms with Crippen molar-refractivity contribution in [3.8, 4) is 12.1 Å². The third-order valence-electron chi connectivity index (χ3n) is 3.81. The predicted octanol–water partition coefficient (Wildman–Crippen LogP) is 3.06. The Morgan fingerprint density at radius 1 is 1.38 bits per heavy atom. The van der Waals surface area contributed by atoms with Crippen molar-refractivity contribution in [2.75, 3.05) is 16.8 Å². The number of hydrogen-bond donors (Lipinski definition) is 2. The van der Waals surface area contributed by atoms with E-state index in [1.807, 2.05) is 6.07 Å². The quantitative estimate of drug-likeness (QED) is 0.598. The van der Waals surface area contributed by atoms with E-state index in [-0.39, 0.29) is 34.1 Å². The Morgan fingerprint density at radius 2 is 2.12 bits per heavy atom. The van der Waals surface area contributed by atoms with Gasteiger partial charge in [-0.05, 0) is 36.5 Å². The summed E-state index contributed by atoms with van der Waals surface area (Å²) >= 11 is 7.01. The van der Waals surface area contributed by atoms with Crippen LogP contribution in [-0.4, -0.2) is 21.6 Å². The van der Waals surface area contributed by atoms with Gasteiger partial charge < -0.3 is 11.1 Å². The van der Waals surface area contributed by atoms with Gasteiger partial charge in [-0.1, -0.05) is 23.4 Å². The lowest BCUT2D eigenvalue weighted by Crippen LogP contribution is -2.15. The summed E-state index contributed by atoms with van der Waals surface area (Å²) in [4.78, 5) is 20.2. The van der Waals surface area contributed by atoms with Crippen molar-refractivity contribution >= 4 is 40.8 Å². The molecule has 0 saturated heterocycles. The molecule has 1 amide bonds. The number of rotatable bonds is 5. The first kappa shape index (κ1) is 18.0. The van der Waals surface area contributed by atoms with Gasteiger partial charge in [-0.15, -0.1) is 0 Å². The van der Waals surface area contributed by atoms with E-state index in [0.717, 1.165) is 24.6 Å². The highest BCUT2D eigenvalue weighted by molar-refractivity contribution is 8.00. The van der Waals surface area contributed by atoms with Crippen molar-refractivity contribution in [3.63, 3.8) is 0 Å². The number of nitrogens with one attached hydrogen (secondary N) is 1. The largest absolute Gasteiger partial charge is 0.383 e. The van der Waals surface area contributed by atoms with Crippen LogP contribution < -0.4 is 11.1 Å². The van der Waals surface area contributed by atoms with Crippen molar-refractivity contribution in [3.05, 3.63) is 40.2 Å². The molecule has 2 heterocycles. The molecule has 2 aromatic heterocycles. The minimum absolute atomic E-state index is 0.0162. The molecule has 130 valence electrons. The van der Waals surface area contributed by atoms with E-state index in [4.69, 9.17) is 17.3 Å². The first-order chi connectivity index (χ1) is 12.5. The molecular formula is C17H13ClN6OS. The number of halogens is 1. The number of carbonyl (C=O) groups is 1. The second-order valence-electron chi connectivity index (χ2n) is 5.64. The summed E-state index contributed by atoms with van der Waals surface area (Å²) < 4.78 is 0. The van der Waals surface area contributed by atoms with Gasteiger partial charge in [-0.3, -0.25) is 4.79 Å². The molecule has 0 spiro atoms. The Labute approximate surface area is 159 Å². The minimum atomic E-state index is -0.313. The van der Waals surface area contributed by atoms with Gasteiger partial charge in [0.05, 0.1) is 22.6 Å². The van der Waals surface area contributed by atoms with Crippen LogP contribution in [0.1, 0.15) is 35.4 Å². The summed E-state index contributed by atoms with van der Waals surface area (Å²) in [6.07, 6.45) is 3.35. The van der Waals surface area contributed by atoms with E-state index in [9.17, 15) is 15.3 Å². The van der Waals surface area contributed by atoms with E-state index in [2.05, 4.69) is 21.4 Å². The minimum Gasteiger partial charge on any atom is -0.383 e. The second-order valence-corrected chi connectivity index (χ2v) is 6.96. The van der Waals surface area contributed by atoms with Crippen LogP contribution in [0.3, 0.4) is 0 Å². The smallest absolute Gasteiger partial charge is 0.234 e. The summed E-state index contributed by atoms with van der Waals surface area (Å²) in [5.74, 6) is -0.0485. The molecule has 0 aliphatic heterocycles. The number of anilines is 2. The maximum absolute atomic E-state index is 12.2. The molecule has 0 bridgehead atoms. The maximum atomic E-state index is 12.2. The fourth-order valence-electron chi connectivity index (χ4n) is 2.51. The maximum Gasteiger partial charge on any atom is 0.234 e. The molecular weight excluding hydrogens is 372 g/mol. The second kappa shape index (κ2) is 7.61. The third kappa shape index (κ3) is 3.72. The van der Waals surface area contributed by atoms with E-state index in [0.29, 0.717) is 21.8 Å². The van der Waals surface area contributed by atoms with E-state index in [1.54, 1.807) is 12.1 Å². The molecule has 0 radical (unpaired) electrons. The Bertz CT molecular complexity index is 961. The molecule has 7 nitrogen and oxygen atoms in total. The molecule has 9 heteroatoms. The number of pyridine rings is 2. The zero-order valence-electron chi connectivity index (χ0n) is 13.5. The van der Waals surface area contributed by atoms with Gasteiger partial charge >= 0.3 is 0 Å². The van der Waals surface area contributed by atoms with Crippen LogP contribution in [0.4, 0.5) is 11.5 Å². The normalized spacial score (nSPS) is 12.9. The van der Waals surface area contributed by atoms with Gasteiger partial charge in [0.15, 0.2) is 5.15 Å².